The van der Waals surface area contributed by atoms with Crippen LogP contribution in [-0.2, 0) is 0 Å². The highest BCUT2D eigenvalue weighted by molar-refractivity contribution is 5.30. The van der Waals surface area contributed by atoms with Crippen LogP contribution in [-0.4, -0.2) is 22.4 Å². The van der Waals surface area contributed by atoms with Gasteiger partial charge in [0.05, 0.1) is 11.7 Å². The molecule has 1 aromatic rings. The molecule has 2 rings (SSSR count). The lowest BCUT2D eigenvalue weighted by Crippen LogP contribution is -2.32. The Morgan fingerprint density at radius 1 is 1.30 bits per heavy atom. The van der Waals surface area contributed by atoms with Gasteiger partial charge >= 0.3 is 0 Å². The summed E-state index contributed by atoms with van der Waals surface area (Å²) in [6.07, 6.45) is 4.27. The van der Waals surface area contributed by atoms with Crippen molar-refractivity contribution in [1.29, 1.82) is 0 Å². The van der Waals surface area contributed by atoms with Gasteiger partial charge in [0.15, 0.2) is 0 Å². The fraction of sp³-hybridized carbons (Fsp3) is 0.647. The van der Waals surface area contributed by atoms with E-state index in [4.69, 9.17) is 4.74 Å². The second-order valence-corrected chi connectivity index (χ2v) is 6.12. The van der Waals surface area contributed by atoms with Gasteiger partial charge < -0.3 is 14.9 Å². The van der Waals surface area contributed by atoms with Gasteiger partial charge in [0, 0.05) is 0 Å². The Bertz CT molecular complexity index is 424. The molecule has 1 fully saturated rings. The van der Waals surface area contributed by atoms with E-state index in [2.05, 4.69) is 6.92 Å². The lowest BCUT2D eigenvalue weighted by Gasteiger charge is -2.23. The Kier molecular flexibility index (Phi) is 5.06. The number of benzene rings is 1. The van der Waals surface area contributed by atoms with Gasteiger partial charge in [0.1, 0.15) is 12.4 Å². The molecule has 20 heavy (non-hydrogen) atoms. The molecule has 0 radical (unpaired) electrons. The van der Waals surface area contributed by atoms with Crippen molar-refractivity contribution in [1.82, 2.24) is 0 Å². The molecule has 0 heterocycles. The van der Waals surface area contributed by atoms with E-state index in [9.17, 15) is 10.2 Å². The van der Waals surface area contributed by atoms with E-state index in [1.165, 1.54) is 0 Å². The Labute approximate surface area is 121 Å². The van der Waals surface area contributed by atoms with E-state index in [-0.39, 0.29) is 5.92 Å². The van der Waals surface area contributed by atoms with Gasteiger partial charge in [0.25, 0.3) is 0 Å². The summed E-state index contributed by atoms with van der Waals surface area (Å²) in [5.74, 6) is 0.953. The van der Waals surface area contributed by atoms with E-state index in [0.717, 1.165) is 43.4 Å². The van der Waals surface area contributed by atoms with Gasteiger partial charge in [-0.1, -0.05) is 45.2 Å². The molecule has 3 heteroatoms. The van der Waals surface area contributed by atoms with Crippen molar-refractivity contribution in [3.8, 4) is 5.75 Å². The number of aliphatic hydroxyl groups is 2. The third-order valence-corrected chi connectivity index (χ3v) is 4.42. The number of aliphatic hydroxyl groups excluding tert-OH is 1. The predicted molar refractivity (Wildman–Crippen MR) is 79.8 cm³/mol. The number of ether oxygens (including phenoxy) is 1. The number of hydrogen-bond acceptors (Lipinski definition) is 3. The van der Waals surface area contributed by atoms with Crippen molar-refractivity contribution in [3.05, 3.63) is 29.8 Å². The first-order valence-electron chi connectivity index (χ1n) is 7.67. The van der Waals surface area contributed by atoms with Crippen LogP contribution < -0.4 is 4.74 Å². The fourth-order valence-corrected chi connectivity index (χ4v) is 2.74. The smallest absolute Gasteiger partial charge is 0.119 e. The second-order valence-electron chi connectivity index (χ2n) is 6.12. The van der Waals surface area contributed by atoms with Crippen molar-refractivity contribution in [2.24, 2.45) is 5.92 Å². The first-order chi connectivity index (χ1) is 9.54. The summed E-state index contributed by atoms with van der Waals surface area (Å²) < 4.78 is 5.74. The molecule has 0 unspecified atom stereocenters. The second kappa shape index (κ2) is 6.59. The van der Waals surface area contributed by atoms with E-state index in [1.54, 1.807) is 0 Å². The van der Waals surface area contributed by atoms with Gasteiger partial charge in [0.2, 0.25) is 0 Å². The van der Waals surface area contributed by atoms with Crippen LogP contribution >= 0.6 is 0 Å². The van der Waals surface area contributed by atoms with Gasteiger partial charge in [-0.3, -0.25) is 0 Å². The van der Waals surface area contributed by atoms with Crippen LogP contribution in [0.2, 0.25) is 0 Å². The minimum atomic E-state index is -0.661. The predicted octanol–water partition coefficient (Wildman–Crippen LogP) is 3.45. The summed E-state index contributed by atoms with van der Waals surface area (Å²) in [5.41, 5.74) is 0.223. The van der Waals surface area contributed by atoms with E-state index >= 15 is 0 Å². The summed E-state index contributed by atoms with van der Waals surface area (Å²) >= 11 is 0. The van der Waals surface area contributed by atoms with Gasteiger partial charge in [-0.05, 0) is 36.5 Å². The average Bonchev–Trinajstić information content (AvgIpc) is 2.91. The molecule has 0 spiro atoms. The zero-order chi connectivity index (χ0) is 14.6. The van der Waals surface area contributed by atoms with Crippen LogP contribution in [0.5, 0.6) is 5.75 Å². The quantitative estimate of drug-likeness (QED) is 0.838. The molecule has 112 valence electrons. The third kappa shape index (κ3) is 3.74. The molecule has 0 saturated heterocycles. The largest absolute Gasteiger partial charge is 0.491 e. The summed E-state index contributed by atoms with van der Waals surface area (Å²) in [7, 11) is 0. The molecule has 2 atom stereocenters. The molecule has 1 aliphatic carbocycles. The first-order valence-corrected chi connectivity index (χ1v) is 7.67. The first kappa shape index (κ1) is 15.3. The summed E-state index contributed by atoms with van der Waals surface area (Å²) in [6.45, 7) is 4.46. The minimum absolute atomic E-state index is 0.226. The van der Waals surface area contributed by atoms with E-state index < -0.39 is 11.7 Å². The van der Waals surface area contributed by atoms with Gasteiger partial charge in [-0.2, -0.15) is 0 Å². The third-order valence-electron chi connectivity index (χ3n) is 4.42. The summed E-state index contributed by atoms with van der Waals surface area (Å²) in [4.78, 5) is 0. The lowest BCUT2D eigenvalue weighted by atomic mass is 9.95. The van der Waals surface area contributed by atoms with Crippen LogP contribution in [0.1, 0.15) is 57.6 Å². The molecule has 0 aromatic heterocycles. The van der Waals surface area contributed by atoms with E-state index in [0.29, 0.717) is 6.61 Å². The molecule has 0 amide bonds. The highest BCUT2D eigenvalue weighted by atomic mass is 16.5. The zero-order valence-electron chi connectivity index (χ0n) is 12.5. The standard InChI is InChI=1S/C17H26O3/c1-3-13(2)16(18)14-7-6-8-15(11-14)20-12-17(19)9-4-5-10-17/h6-8,11,13,16,18-19H,3-5,9-10,12H2,1-2H3/t13-,16-/m1/s1. The maximum absolute atomic E-state index is 10.3. The van der Waals surface area contributed by atoms with Crippen molar-refractivity contribution < 1.29 is 14.9 Å². The maximum atomic E-state index is 10.3. The van der Waals surface area contributed by atoms with Crippen LogP contribution in [0.25, 0.3) is 0 Å². The lowest BCUT2D eigenvalue weighted by molar-refractivity contribution is 0.00130. The highest BCUT2D eigenvalue weighted by Crippen LogP contribution is 2.31. The zero-order valence-corrected chi connectivity index (χ0v) is 12.5. The average molecular weight is 278 g/mol. The van der Waals surface area contributed by atoms with Crippen LogP contribution in [0.3, 0.4) is 0 Å². The summed E-state index contributed by atoms with van der Waals surface area (Å²) in [5, 5.41) is 20.5. The van der Waals surface area contributed by atoms with Crippen LogP contribution in [0, 0.1) is 5.92 Å². The highest BCUT2D eigenvalue weighted by Gasteiger charge is 2.31. The van der Waals surface area contributed by atoms with E-state index in [1.807, 2.05) is 31.2 Å². The van der Waals surface area contributed by atoms with Gasteiger partial charge in [-0.25, -0.2) is 0 Å². The van der Waals surface area contributed by atoms with Crippen LogP contribution in [0.4, 0.5) is 0 Å². The SMILES string of the molecule is CC[C@@H](C)[C@@H](O)c1cccc(OCC2(O)CCCC2)c1. The summed E-state index contributed by atoms with van der Waals surface area (Å²) in [6, 6.07) is 7.59. The molecular weight excluding hydrogens is 252 g/mol. The molecule has 0 aliphatic heterocycles. The number of rotatable bonds is 6. The van der Waals surface area contributed by atoms with Crippen molar-refractivity contribution >= 4 is 0 Å². The van der Waals surface area contributed by atoms with Gasteiger partial charge in [-0.15, -0.1) is 0 Å². The van der Waals surface area contributed by atoms with Crippen molar-refractivity contribution in [2.45, 2.75) is 57.7 Å². The Balaban J connectivity index is 1.99. The maximum Gasteiger partial charge on any atom is 0.119 e. The molecule has 1 saturated carbocycles. The minimum Gasteiger partial charge on any atom is -0.491 e. The molecule has 1 aliphatic rings. The van der Waals surface area contributed by atoms with Crippen molar-refractivity contribution in [3.63, 3.8) is 0 Å². The number of hydrogen-bond donors (Lipinski definition) is 2. The molecular formula is C17H26O3. The monoisotopic (exact) mass is 278 g/mol. The molecule has 1 aromatic carbocycles. The topological polar surface area (TPSA) is 49.7 Å². The Morgan fingerprint density at radius 2 is 2.00 bits per heavy atom. The fourth-order valence-electron chi connectivity index (χ4n) is 2.74. The van der Waals surface area contributed by atoms with Crippen molar-refractivity contribution in [2.75, 3.05) is 6.61 Å². The Morgan fingerprint density at radius 3 is 2.65 bits per heavy atom. The Hall–Kier alpha value is -1.06. The van der Waals surface area contributed by atoms with Crippen LogP contribution in [0.15, 0.2) is 24.3 Å². The normalized spacial score (nSPS) is 20.6. The molecule has 3 nitrogen and oxygen atoms in total. The molecule has 0 bridgehead atoms. The molecule has 2 N–H and O–H groups in total.